The smallest absolute Gasteiger partial charge is 0.158 e. The molecule has 0 aliphatic heterocycles. The molecule has 1 nitrogen and oxygen atoms in total. The molecule has 0 aromatic heterocycles. The quantitative estimate of drug-likeness (QED) is 0.630. The Morgan fingerprint density at radius 3 is 2.92 bits per heavy atom. The molecule has 0 unspecified atom stereocenters. The minimum Gasteiger partial charge on any atom is -0.295 e. The molecule has 0 aromatic carbocycles. The van der Waals surface area contributed by atoms with E-state index in [4.69, 9.17) is 0 Å². The lowest BCUT2D eigenvalue weighted by molar-refractivity contribution is -0.120. The molecule has 0 bridgehead atoms. The monoisotopic (exact) mass is 166 g/mol. The summed E-state index contributed by atoms with van der Waals surface area (Å²) in [6, 6.07) is 0. The van der Waals surface area contributed by atoms with E-state index in [-0.39, 0.29) is 0 Å². The summed E-state index contributed by atoms with van der Waals surface area (Å²) in [5.41, 5.74) is 0. The second kappa shape index (κ2) is 4.44. The summed E-state index contributed by atoms with van der Waals surface area (Å²) in [4.78, 5) is 11.4. The third-order valence-electron chi connectivity index (χ3n) is 2.71. The van der Waals surface area contributed by atoms with Gasteiger partial charge in [-0.3, -0.25) is 4.79 Å². The molecule has 0 aromatic rings. The molecule has 0 amide bonds. The molecular formula is C11H18O. The first-order valence-electron chi connectivity index (χ1n) is 4.96. The molecule has 2 atom stereocenters. The van der Waals surface area contributed by atoms with Gasteiger partial charge in [0.2, 0.25) is 0 Å². The number of carbonyl (C=O) groups is 1. The van der Waals surface area contributed by atoms with Gasteiger partial charge in [-0.2, -0.15) is 0 Å². The van der Waals surface area contributed by atoms with Crippen LogP contribution < -0.4 is 0 Å². The van der Waals surface area contributed by atoms with Gasteiger partial charge in [-0.1, -0.05) is 32.8 Å². The van der Waals surface area contributed by atoms with E-state index in [0.29, 0.717) is 17.6 Å². The van der Waals surface area contributed by atoms with Crippen LogP contribution >= 0.6 is 0 Å². The lowest BCUT2D eigenvalue weighted by atomic mass is 9.80. The number of allylic oxidation sites excluding steroid dienone is 2. The zero-order valence-electron chi connectivity index (χ0n) is 8.05. The Balaban J connectivity index is 2.48. The van der Waals surface area contributed by atoms with Crippen molar-refractivity contribution in [1.82, 2.24) is 0 Å². The molecule has 0 heterocycles. The Morgan fingerprint density at radius 2 is 2.33 bits per heavy atom. The van der Waals surface area contributed by atoms with Crippen molar-refractivity contribution in [2.24, 2.45) is 11.8 Å². The largest absolute Gasteiger partial charge is 0.295 e. The maximum Gasteiger partial charge on any atom is 0.158 e. The first-order chi connectivity index (χ1) is 5.75. The summed E-state index contributed by atoms with van der Waals surface area (Å²) < 4.78 is 0. The Kier molecular flexibility index (Phi) is 3.51. The molecule has 1 aliphatic carbocycles. The molecule has 0 fully saturated rings. The molecule has 0 saturated heterocycles. The highest BCUT2D eigenvalue weighted by atomic mass is 16.1. The second-order valence-electron chi connectivity index (χ2n) is 3.77. The molecule has 1 heteroatoms. The fourth-order valence-electron chi connectivity index (χ4n) is 1.82. The molecule has 12 heavy (non-hydrogen) atoms. The minimum atomic E-state index is 0.315. The van der Waals surface area contributed by atoms with Crippen LogP contribution in [0.15, 0.2) is 12.2 Å². The number of hydrogen-bond donors (Lipinski definition) is 0. The van der Waals surface area contributed by atoms with Crippen molar-refractivity contribution >= 4 is 5.78 Å². The van der Waals surface area contributed by atoms with Crippen molar-refractivity contribution < 1.29 is 4.79 Å². The van der Waals surface area contributed by atoms with E-state index in [2.05, 4.69) is 13.8 Å². The summed E-state index contributed by atoms with van der Waals surface area (Å²) in [5.74, 6) is 1.23. The number of unbranched alkanes of at least 4 members (excludes halogenated alkanes) is 1. The first-order valence-corrected chi connectivity index (χ1v) is 4.96. The van der Waals surface area contributed by atoms with Gasteiger partial charge in [0.05, 0.1) is 0 Å². The number of ketones is 1. The zero-order valence-corrected chi connectivity index (χ0v) is 8.05. The Bertz CT molecular complexity index is 181. The average Bonchev–Trinajstić information content (AvgIpc) is 2.04. The molecule has 68 valence electrons. The van der Waals surface area contributed by atoms with Crippen molar-refractivity contribution in [2.75, 3.05) is 0 Å². The van der Waals surface area contributed by atoms with E-state index >= 15 is 0 Å². The predicted molar refractivity (Wildman–Crippen MR) is 50.9 cm³/mol. The van der Waals surface area contributed by atoms with Gasteiger partial charge in [-0.15, -0.1) is 0 Å². The summed E-state index contributed by atoms with van der Waals surface area (Å²) in [7, 11) is 0. The standard InChI is InChI=1S/C11H18O/c1-3-4-7-10-9(2)6-5-8-11(10)12/h5,8-10H,3-4,6-7H2,1-2H3/t9-,10-/m1/s1. The van der Waals surface area contributed by atoms with E-state index in [0.717, 1.165) is 12.8 Å². The molecule has 1 rings (SSSR count). The van der Waals surface area contributed by atoms with Gasteiger partial charge >= 0.3 is 0 Å². The highest BCUT2D eigenvalue weighted by molar-refractivity contribution is 5.92. The van der Waals surface area contributed by atoms with Crippen LogP contribution in [0.1, 0.15) is 39.5 Å². The first kappa shape index (κ1) is 9.50. The average molecular weight is 166 g/mol. The van der Waals surface area contributed by atoms with Crippen LogP contribution in [0.3, 0.4) is 0 Å². The van der Waals surface area contributed by atoms with Crippen LogP contribution in [0.2, 0.25) is 0 Å². The van der Waals surface area contributed by atoms with Crippen LogP contribution in [0.5, 0.6) is 0 Å². The lowest BCUT2D eigenvalue weighted by Crippen LogP contribution is -2.23. The molecular weight excluding hydrogens is 148 g/mol. The minimum absolute atomic E-state index is 0.315. The molecule has 0 spiro atoms. The van der Waals surface area contributed by atoms with Crippen molar-refractivity contribution in [2.45, 2.75) is 39.5 Å². The SMILES string of the molecule is CCCC[C@H]1C(=O)C=CC[C@H]1C. The van der Waals surface area contributed by atoms with Crippen LogP contribution in [0.25, 0.3) is 0 Å². The fraction of sp³-hybridized carbons (Fsp3) is 0.727. The Hall–Kier alpha value is -0.590. The third-order valence-corrected chi connectivity index (χ3v) is 2.71. The van der Waals surface area contributed by atoms with E-state index < -0.39 is 0 Å². The van der Waals surface area contributed by atoms with Gasteiger partial charge < -0.3 is 0 Å². The van der Waals surface area contributed by atoms with E-state index in [1.54, 1.807) is 6.08 Å². The van der Waals surface area contributed by atoms with E-state index in [1.165, 1.54) is 12.8 Å². The highest BCUT2D eigenvalue weighted by Gasteiger charge is 2.24. The van der Waals surface area contributed by atoms with Gasteiger partial charge in [-0.25, -0.2) is 0 Å². The highest BCUT2D eigenvalue weighted by Crippen LogP contribution is 2.26. The van der Waals surface area contributed by atoms with Gasteiger partial charge in [-0.05, 0) is 24.8 Å². The van der Waals surface area contributed by atoms with Crippen LogP contribution in [0.4, 0.5) is 0 Å². The van der Waals surface area contributed by atoms with Crippen molar-refractivity contribution in [1.29, 1.82) is 0 Å². The van der Waals surface area contributed by atoms with Crippen molar-refractivity contribution in [3.05, 3.63) is 12.2 Å². The maximum absolute atomic E-state index is 11.4. The molecule has 0 N–H and O–H groups in total. The van der Waals surface area contributed by atoms with Gasteiger partial charge in [0.1, 0.15) is 0 Å². The van der Waals surface area contributed by atoms with Gasteiger partial charge in [0.15, 0.2) is 5.78 Å². The topological polar surface area (TPSA) is 17.1 Å². The Labute approximate surface area is 74.9 Å². The summed E-state index contributed by atoms with van der Waals surface area (Å²) in [5, 5.41) is 0. The zero-order chi connectivity index (χ0) is 8.97. The van der Waals surface area contributed by atoms with Gasteiger partial charge in [0, 0.05) is 5.92 Å². The van der Waals surface area contributed by atoms with Crippen LogP contribution in [0, 0.1) is 11.8 Å². The van der Waals surface area contributed by atoms with Crippen LogP contribution in [-0.2, 0) is 4.79 Å². The van der Waals surface area contributed by atoms with E-state index in [1.807, 2.05) is 6.08 Å². The molecule has 1 aliphatic rings. The molecule has 0 radical (unpaired) electrons. The number of carbonyl (C=O) groups excluding carboxylic acids is 1. The Morgan fingerprint density at radius 1 is 1.58 bits per heavy atom. The number of hydrogen-bond acceptors (Lipinski definition) is 1. The number of rotatable bonds is 3. The van der Waals surface area contributed by atoms with E-state index in [9.17, 15) is 4.79 Å². The fourth-order valence-corrected chi connectivity index (χ4v) is 1.82. The summed E-state index contributed by atoms with van der Waals surface area (Å²) in [6.07, 6.45) is 8.32. The third kappa shape index (κ3) is 2.20. The second-order valence-corrected chi connectivity index (χ2v) is 3.77. The molecule has 0 saturated carbocycles. The van der Waals surface area contributed by atoms with Crippen LogP contribution in [-0.4, -0.2) is 5.78 Å². The normalized spacial score (nSPS) is 29.3. The van der Waals surface area contributed by atoms with Gasteiger partial charge in [0.25, 0.3) is 0 Å². The predicted octanol–water partition coefficient (Wildman–Crippen LogP) is 2.96. The van der Waals surface area contributed by atoms with Crippen molar-refractivity contribution in [3.63, 3.8) is 0 Å². The maximum atomic E-state index is 11.4. The summed E-state index contributed by atoms with van der Waals surface area (Å²) >= 11 is 0. The lowest BCUT2D eigenvalue weighted by Gasteiger charge is -2.23. The van der Waals surface area contributed by atoms with Crippen molar-refractivity contribution in [3.8, 4) is 0 Å². The summed E-state index contributed by atoms with van der Waals surface area (Å²) in [6.45, 7) is 4.36.